The van der Waals surface area contributed by atoms with Crippen molar-refractivity contribution in [3.8, 4) is 0 Å². The fourth-order valence-electron chi connectivity index (χ4n) is 7.15. The molecule has 24 nitrogen and oxygen atoms in total. The quantitative estimate of drug-likeness (QED) is 0.0194. The number of hydrogen-bond donors (Lipinski definition) is 14. The third-order valence-electron chi connectivity index (χ3n) is 11.4. The zero-order valence-corrected chi connectivity index (χ0v) is 41.0. The van der Waals surface area contributed by atoms with Crippen molar-refractivity contribution < 1.29 is 43.5 Å². The van der Waals surface area contributed by atoms with E-state index in [1.807, 2.05) is 26.8 Å². The van der Waals surface area contributed by atoms with Gasteiger partial charge in [-0.3, -0.25) is 43.3 Å². The number of aromatic amines is 1. The van der Waals surface area contributed by atoms with Crippen molar-refractivity contribution in [3.63, 3.8) is 0 Å². The Balaban J connectivity index is 2.32. The summed E-state index contributed by atoms with van der Waals surface area (Å²) in [5, 5.41) is 28.5. The van der Waals surface area contributed by atoms with Crippen LogP contribution in [0, 0.1) is 11.8 Å². The number of H-pyrrole nitrogens is 1. The Bertz CT molecular complexity index is 2000. The number of aromatic nitrogens is 2. The van der Waals surface area contributed by atoms with Crippen LogP contribution < -0.4 is 65.9 Å². The predicted octanol–water partition coefficient (Wildman–Crippen LogP) is -2.92. The lowest BCUT2D eigenvalue weighted by Crippen LogP contribution is -2.61. The van der Waals surface area contributed by atoms with Crippen LogP contribution >= 0.6 is 0 Å². The molecule has 0 saturated heterocycles. The maximum absolute atomic E-state index is 14.2. The average molecular weight is 984 g/mol. The lowest BCUT2D eigenvalue weighted by atomic mass is 9.95. The number of hydrogen-bond acceptors (Lipinski definition) is 13. The molecular weight excluding hydrogens is 907 g/mol. The van der Waals surface area contributed by atoms with Gasteiger partial charge in [0, 0.05) is 37.9 Å². The van der Waals surface area contributed by atoms with Crippen molar-refractivity contribution in [2.75, 3.05) is 19.7 Å². The average Bonchev–Trinajstić information content (AvgIpc) is 3.83. The number of aliphatic hydroxyl groups excluding tert-OH is 1. The Hall–Kier alpha value is -6.66. The predicted molar refractivity (Wildman–Crippen MR) is 262 cm³/mol. The number of rotatable bonds is 33. The molecule has 1 aromatic carbocycles. The number of aliphatic imine (C=N–C) groups is 1. The van der Waals surface area contributed by atoms with Gasteiger partial charge in [-0.1, -0.05) is 64.4 Å². The summed E-state index contributed by atoms with van der Waals surface area (Å²) in [4.78, 5) is 119. The lowest BCUT2D eigenvalue weighted by Gasteiger charge is -2.29. The number of aliphatic hydroxyl groups is 1. The van der Waals surface area contributed by atoms with E-state index in [2.05, 4.69) is 52.2 Å². The van der Waals surface area contributed by atoms with E-state index < -0.39 is 108 Å². The molecule has 0 aliphatic heterocycles. The minimum atomic E-state index is -1.42. The van der Waals surface area contributed by atoms with E-state index in [-0.39, 0.29) is 63.4 Å². The first-order valence-electron chi connectivity index (χ1n) is 23.8. The van der Waals surface area contributed by atoms with E-state index >= 15 is 0 Å². The topological polar surface area (TPSA) is 412 Å². The number of unbranched alkanes of at least 4 members (excludes halogenated alkanes) is 1. The van der Waals surface area contributed by atoms with Gasteiger partial charge < -0.3 is 76.0 Å². The molecule has 1 heterocycles. The van der Waals surface area contributed by atoms with Crippen LogP contribution in [0.3, 0.4) is 0 Å². The van der Waals surface area contributed by atoms with E-state index in [1.54, 1.807) is 31.2 Å². The molecule has 9 atom stereocenters. The summed E-state index contributed by atoms with van der Waals surface area (Å²) in [5.74, 6) is -6.70. The standard InChI is InChI=1S/C46H77N15O9/c1-6-27(4)37(45(70)59-35(38(49)63)22-29-13-8-7-9-14-29)61-44(69)36(21-26(2)3)60-42(67)33(16-12-19-53-46(50)51)57-43(68)34(17-20-62)58-41(66)32(15-10-11-18-47)56-39(64)28(5)55-40(65)31(48)23-30-24-52-25-54-30/h7-9,13-14,24-28,31-37,62H,6,10-12,15-23,47-48H2,1-5H3,(H2,49,63)(H,52,54)(H,55,65)(H,56,64)(H,57,68)(H,58,66)(H,59,70)(H,60,67)(H,61,69)(H4,50,51,53)/t27-,28-,31-,32-,33-,34-,35-,36-,37-/m0/s1. The number of carbonyl (C=O) groups excluding carboxylic acids is 8. The van der Waals surface area contributed by atoms with Crippen molar-refractivity contribution in [2.45, 2.75) is 147 Å². The second-order valence-corrected chi connectivity index (χ2v) is 17.8. The van der Waals surface area contributed by atoms with Crippen LogP contribution in [0.5, 0.6) is 0 Å². The van der Waals surface area contributed by atoms with Gasteiger partial charge in [0.15, 0.2) is 5.96 Å². The number of benzene rings is 1. The molecule has 19 N–H and O–H groups in total. The molecule has 0 aliphatic carbocycles. The summed E-state index contributed by atoms with van der Waals surface area (Å²) in [7, 11) is 0. The Morgan fingerprint density at radius 1 is 0.671 bits per heavy atom. The van der Waals surface area contributed by atoms with Crippen LogP contribution in [-0.2, 0) is 51.2 Å². The summed E-state index contributed by atoms with van der Waals surface area (Å²) in [6, 6.07) is -0.599. The monoisotopic (exact) mass is 984 g/mol. The number of nitrogens with one attached hydrogen (secondary N) is 8. The van der Waals surface area contributed by atoms with Crippen LogP contribution in [0.1, 0.15) is 97.2 Å². The van der Waals surface area contributed by atoms with E-state index in [0.717, 1.165) is 5.56 Å². The molecule has 24 heteroatoms. The smallest absolute Gasteiger partial charge is 0.243 e. The molecule has 0 saturated carbocycles. The first-order chi connectivity index (χ1) is 33.2. The SMILES string of the molecule is CC[C@H](C)[C@H](NC(=O)[C@H](CC(C)C)NC(=O)[C@H](CCCN=C(N)N)NC(=O)[C@H](CCO)NC(=O)[C@H](CCCCN)NC(=O)[C@H](C)NC(=O)[C@@H](N)Cc1cnc[nH]1)C(=O)N[C@@H](Cc1ccccc1)C(N)=O. The Morgan fingerprint density at radius 3 is 1.76 bits per heavy atom. The maximum Gasteiger partial charge on any atom is 0.243 e. The Kier molecular flexibility index (Phi) is 26.7. The third-order valence-corrected chi connectivity index (χ3v) is 11.4. The zero-order valence-electron chi connectivity index (χ0n) is 41.0. The minimum absolute atomic E-state index is 0.0507. The van der Waals surface area contributed by atoms with Gasteiger partial charge in [0.25, 0.3) is 0 Å². The molecular formula is C46H77N15O9. The van der Waals surface area contributed by atoms with Crippen molar-refractivity contribution in [2.24, 2.45) is 45.5 Å². The van der Waals surface area contributed by atoms with Gasteiger partial charge in [-0.25, -0.2) is 4.98 Å². The molecule has 0 unspecified atom stereocenters. The molecule has 8 amide bonds. The van der Waals surface area contributed by atoms with Crippen molar-refractivity contribution in [3.05, 3.63) is 54.1 Å². The largest absolute Gasteiger partial charge is 0.396 e. The van der Waals surface area contributed by atoms with E-state index in [1.165, 1.54) is 19.4 Å². The van der Waals surface area contributed by atoms with E-state index in [4.69, 9.17) is 28.7 Å². The zero-order chi connectivity index (χ0) is 52.3. The molecule has 0 fully saturated rings. The molecule has 0 spiro atoms. The van der Waals surface area contributed by atoms with Crippen molar-refractivity contribution in [1.29, 1.82) is 0 Å². The van der Waals surface area contributed by atoms with Crippen LogP contribution in [0.2, 0.25) is 0 Å². The van der Waals surface area contributed by atoms with Gasteiger partial charge >= 0.3 is 0 Å². The fourth-order valence-corrected chi connectivity index (χ4v) is 7.15. The molecule has 1 aromatic heterocycles. The number of guanidine groups is 1. The lowest BCUT2D eigenvalue weighted by molar-refractivity contribution is -0.136. The van der Waals surface area contributed by atoms with E-state index in [9.17, 15) is 43.5 Å². The summed E-state index contributed by atoms with van der Waals surface area (Å²) < 4.78 is 0. The number of nitrogens with zero attached hydrogens (tertiary/aromatic N) is 2. The molecule has 390 valence electrons. The molecule has 0 aliphatic rings. The summed E-state index contributed by atoms with van der Waals surface area (Å²) in [5.41, 5.74) is 29.8. The summed E-state index contributed by atoms with van der Waals surface area (Å²) in [6.45, 7) is 8.43. The van der Waals surface area contributed by atoms with Crippen LogP contribution in [0.15, 0.2) is 47.8 Å². The number of imidazole rings is 1. The molecule has 2 aromatic rings. The van der Waals surface area contributed by atoms with Crippen molar-refractivity contribution in [1.82, 2.24) is 47.2 Å². The molecule has 70 heavy (non-hydrogen) atoms. The van der Waals surface area contributed by atoms with Crippen LogP contribution in [-0.4, -0.2) is 136 Å². The minimum Gasteiger partial charge on any atom is -0.396 e. The second kappa shape index (κ2) is 31.5. The Labute approximate surface area is 409 Å². The van der Waals surface area contributed by atoms with Crippen LogP contribution in [0.4, 0.5) is 0 Å². The Morgan fingerprint density at radius 2 is 1.23 bits per heavy atom. The highest BCUT2D eigenvalue weighted by Crippen LogP contribution is 2.14. The summed E-state index contributed by atoms with van der Waals surface area (Å²) >= 11 is 0. The summed E-state index contributed by atoms with van der Waals surface area (Å²) in [6.07, 6.45) is 4.57. The number of carbonyl (C=O) groups is 8. The highest BCUT2D eigenvalue weighted by molar-refractivity contribution is 5.97. The van der Waals surface area contributed by atoms with Gasteiger partial charge in [0.2, 0.25) is 47.3 Å². The number of primary amides is 1. The van der Waals surface area contributed by atoms with E-state index in [0.29, 0.717) is 31.5 Å². The van der Waals surface area contributed by atoms with Gasteiger partial charge in [-0.05, 0) is 75.8 Å². The normalized spacial score (nSPS) is 15.0. The highest BCUT2D eigenvalue weighted by atomic mass is 16.3. The molecule has 2 rings (SSSR count). The van der Waals surface area contributed by atoms with Gasteiger partial charge in [-0.15, -0.1) is 0 Å². The fraction of sp³-hybridized carbons (Fsp3) is 0.609. The highest BCUT2D eigenvalue weighted by Gasteiger charge is 2.35. The van der Waals surface area contributed by atoms with Gasteiger partial charge in [0.1, 0.15) is 42.3 Å². The third kappa shape index (κ3) is 21.7. The number of nitrogens with two attached hydrogens (primary N) is 5. The first kappa shape index (κ1) is 59.5. The van der Waals surface area contributed by atoms with Gasteiger partial charge in [-0.2, -0.15) is 0 Å². The second-order valence-electron chi connectivity index (χ2n) is 17.8. The first-order valence-corrected chi connectivity index (χ1v) is 23.8. The molecule has 0 radical (unpaired) electrons. The van der Waals surface area contributed by atoms with Crippen molar-refractivity contribution >= 4 is 53.2 Å². The molecule has 0 bridgehead atoms. The van der Waals surface area contributed by atoms with Crippen LogP contribution in [0.25, 0.3) is 0 Å². The maximum atomic E-state index is 14.2. The van der Waals surface area contributed by atoms with Gasteiger partial charge in [0.05, 0.1) is 12.4 Å². The number of amides is 8.